The van der Waals surface area contributed by atoms with E-state index in [0.29, 0.717) is 50.1 Å². The first kappa shape index (κ1) is 27.9. The molecule has 2 aliphatic rings. The molecule has 13 heteroatoms. The fourth-order valence-electron chi connectivity index (χ4n) is 4.80. The van der Waals surface area contributed by atoms with Crippen LogP contribution in [0.2, 0.25) is 0 Å². The summed E-state index contributed by atoms with van der Waals surface area (Å²) in [4.78, 5) is 55.9. The van der Waals surface area contributed by atoms with Crippen molar-refractivity contribution in [2.75, 3.05) is 0 Å². The molecule has 12 nitrogen and oxygen atoms in total. The average Bonchev–Trinajstić information content (AvgIpc) is 3.40. The number of rotatable bonds is 8. The molecule has 0 bridgehead atoms. The van der Waals surface area contributed by atoms with E-state index in [-0.39, 0.29) is 23.5 Å². The zero-order valence-electron chi connectivity index (χ0n) is 21.6. The van der Waals surface area contributed by atoms with Crippen LogP contribution in [0, 0.1) is 26.1 Å². The van der Waals surface area contributed by atoms with Gasteiger partial charge in [-0.05, 0) is 42.5 Å². The van der Waals surface area contributed by atoms with Crippen molar-refractivity contribution in [3.8, 4) is 0 Å². The molecule has 1 heterocycles. The number of benzene rings is 2. The molecule has 4 rings (SSSR count). The van der Waals surface area contributed by atoms with Gasteiger partial charge in [0.05, 0.1) is 31.1 Å². The molecule has 0 amide bonds. The van der Waals surface area contributed by atoms with Crippen molar-refractivity contribution >= 4 is 46.5 Å². The second-order valence-electron chi connectivity index (χ2n) is 9.50. The van der Waals surface area contributed by atoms with Crippen molar-refractivity contribution in [3.63, 3.8) is 0 Å². The Morgan fingerprint density at radius 3 is 1.92 bits per heavy atom. The Kier molecular flexibility index (Phi) is 8.38. The van der Waals surface area contributed by atoms with Gasteiger partial charge in [-0.2, -0.15) is 0 Å². The lowest BCUT2D eigenvalue weighted by atomic mass is 9.93. The lowest BCUT2D eigenvalue weighted by Gasteiger charge is -2.21. The number of fused-ring (bicyclic) bond motifs is 2. The summed E-state index contributed by atoms with van der Waals surface area (Å²) in [6.07, 6.45) is 4.85. The number of nitro groups is 2. The summed E-state index contributed by atoms with van der Waals surface area (Å²) in [5.41, 5.74) is 2.31. The molecule has 1 saturated carbocycles. The molecule has 1 fully saturated rings. The number of nitrogens with zero attached hydrogens (tertiary/aromatic N) is 4. The van der Waals surface area contributed by atoms with E-state index in [1.54, 1.807) is 19.1 Å². The van der Waals surface area contributed by atoms with E-state index in [1.807, 2.05) is 0 Å². The molecule has 1 aliphatic heterocycles. The van der Waals surface area contributed by atoms with Gasteiger partial charge in [-0.1, -0.05) is 47.8 Å². The Bertz CT molecular complexity index is 1430. The van der Waals surface area contributed by atoms with E-state index in [9.17, 15) is 29.8 Å². The largest absolute Gasteiger partial charge is 0.331 e. The quantitative estimate of drug-likeness (QED) is 0.147. The van der Waals surface area contributed by atoms with Crippen molar-refractivity contribution < 1.29 is 29.1 Å². The van der Waals surface area contributed by atoms with Crippen molar-refractivity contribution in [1.82, 2.24) is 0 Å². The first-order valence-corrected chi connectivity index (χ1v) is 13.1. The summed E-state index contributed by atoms with van der Waals surface area (Å²) < 4.78 is 0. The molecule has 2 aromatic carbocycles. The number of hydrogen-bond acceptors (Lipinski definition) is 11. The molecule has 0 aromatic heterocycles. The number of carbonyl (C=O) groups is 2. The average molecular weight is 555 g/mol. The predicted molar refractivity (Wildman–Crippen MR) is 142 cm³/mol. The highest BCUT2D eigenvalue weighted by atomic mass is 32.2. The summed E-state index contributed by atoms with van der Waals surface area (Å²) in [6, 6.07) is 6.18. The second-order valence-corrected chi connectivity index (χ2v) is 10.5. The van der Waals surface area contributed by atoms with Gasteiger partial charge in [0.2, 0.25) is 0 Å². The van der Waals surface area contributed by atoms with Crippen molar-refractivity contribution in [3.05, 3.63) is 66.7 Å². The Balaban J connectivity index is 1.81. The van der Waals surface area contributed by atoms with Gasteiger partial charge in [0.15, 0.2) is 0 Å². The molecule has 0 saturated heterocycles. The molecule has 204 valence electrons. The zero-order chi connectivity index (χ0) is 28.3. The van der Waals surface area contributed by atoms with Gasteiger partial charge < -0.3 is 9.68 Å². The Morgan fingerprint density at radius 2 is 1.38 bits per heavy atom. The van der Waals surface area contributed by atoms with Crippen LogP contribution in [0.4, 0.5) is 11.4 Å². The van der Waals surface area contributed by atoms with E-state index >= 15 is 0 Å². The van der Waals surface area contributed by atoms with Gasteiger partial charge in [0.25, 0.3) is 11.4 Å². The standard InChI is InChI=1S/C26H26N4O8S/c1-14(27-37-15(2)31)18-9-20-11-21-10-19(22(28-38-16(3)32)8-17-6-4-5-7-17)13-24(30(35)36)26(21)39-25(20)23(12-18)29(33)34/h9-10,12-13,17H,4-8,11H2,1-3H3/b27-14+,28-22+. The van der Waals surface area contributed by atoms with Crippen LogP contribution < -0.4 is 0 Å². The maximum Gasteiger partial charge on any atom is 0.331 e. The summed E-state index contributed by atoms with van der Waals surface area (Å²) in [5.74, 6) is -0.898. The fourth-order valence-corrected chi connectivity index (χ4v) is 6.00. The molecule has 2 aromatic rings. The molecule has 1 aliphatic carbocycles. The third kappa shape index (κ3) is 6.48. The number of oxime groups is 2. The molecule has 0 atom stereocenters. The second kappa shape index (κ2) is 11.7. The van der Waals surface area contributed by atoms with E-state index in [4.69, 9.17) is 4.84 Å². The molecular formula is C26H26N4O8S. The highest BCUT2D eigenvalue weighted by Crippen LogP contribution is 2.49. The minimum Gasteiger partial charge on any atom is -0.318 e. The maximum absolute atomic E-state index is 12.1. The minimum atomic E-state index is -0.630. The monoisotopic (exact) mass is 554 g/mol. The third-order valence-corrected chi connectivity index (χ3v) is 7.93. The van der Waals surface area contributed by atoms with Crippen molar-refractivity contribution in [2.45, 2.75) is 69.1 Å². The Morgan fingerprint density at radius 1 is 0.872 bits per heavy atom. The van der Waals surface area contributed by atoms with Crippen LogP contribution in [-0.2, 0) is 25.7 Å². The summed E-state index contributed by atoms with van der Waals surface area (Å²) >= 11 is 0.969. The molecule has 0 N–H and O–H groups in total. The highest BCUT2D eigenvalue weighted by molar-refractivity contribution is 7.99. The third-order valence-electron chi connectivity index (χ3n) is 6.57. The summed E-state index contributed by atoms with van der Waals surface area (Å²) in [5, 5.41) is 31.9. The smallest absolute Gasteiger partial charge is 0.318 e. The van der Waals surface area contributed by atoms with Crippen LogP contribution in [-0.4, -0.2) is 33.2 Å². The molecule has 0 spiro atoms. The van der Waals surface area contributed by atoms with Crippen molar-refractivity contribution in [1.29, 1.82) is 0 Å². The molecular weight excluding hydrogens is 528 g/mol. The number of hydrogen-bond donors (Lipinski definition) is 0. The number of nitro benzene ring substituents is 2. The van der Waals surface area contributed by atoms with Crippen LogP contribution in [0.3, 0.4) is 0 Å². The topological polar surface area (TPSA) is 164 Å². The first-order chi connectivity index (χ1) is 18.5. The van der Waals surface area contributed by atoms with E-state index < -0.39 is 21.8 Å². The van der Waals surface area contributed by atoms with E-state index in [0.717, 1.165) is 37.4 Å². The van der Waals surface area contributed by atoms with Gasteiger partial charge in [-0.25, -0.2) is 9.59 Å². The van der Waals surface area contributed by atoms with Crippen molar-refractivity contribution in [2.24, 2.45) is 16.2 Å². The minimum absolute atomic E-state index is 0.173. The van der Waals surface area contributed by atoms with Gasteiger partial charge in [-0.3, -0.25) is 20.2 Å². The summed E-state index contributed by atoms with van der Waals surface area (Å²) in [7, 11) is 0. The van der Waals surface area contributed by atoms with Crippen LogP contribution in [0.15, 0.2) is 44.4 Å². The molecule has 0 radical (unpaired) electrons. The van der Waals surface area contributed by atoms with Gasteiger partial charge in [-0.15, -0.1) is 0 Å². The van der Waals surface area contributed by atoms with Gasteiger partial charge >= 0.3 is 11.9 Å². The van der Waals surface area contributed by atoms with Crippen LogP contribution in [0.5, 0.6) is 0 Å². The fraction of sp³-hybridized carbons (Fsp3) is 0.385. The Labute approximate surface area is 227 Å². The Hall–Kier alpha value is -4.13. The van der Waals surface area contributed by atoms with Gasteiger partial charge in [0.1, 0.15) is 0 Å². The van der Waals surface area contributed by atoms with E-state index in [1.165, 1.54) is 26.0 Å². The maximum atomic E-state index is 12.1. The zero-order valence-corrected chi connectivity index (χ0v) is 22.4. The highest BCUT2D eigenvalue weighted by Gasteiger charge is 2.32. The first-order valence-electron chi connectivity index (χ1n) is 12.3. The SMILES string of the molecule is CC(=O)O/N=C(\C)c1cc2c(c([N+](=O)[O-])c1)Sc1c(cc(/C(CC3CCCC3)=N/OC(C)=O)cc1[N+](=O)[O-])C2. The van der Waals surface area contributed by atoms with E-state index in [2.05, 4.69) is 15.1 Å². The van der Waals surface area contributed by atoms with Crippen LogP contribution in [0.25, 0.3) is 0 Å². The summed E-state index contributed by atoms with van der Waals surface area (Å²) in [6.45, 7) is 3.98. The van der Waals surface area contributed by atoms with Crippen LogP contribution >= 0.6 is 11.8 Å². The lowest BCUT2D eigenvalue weighted by Crippen LogP contribution is -2.13. The predicted octanol–water partition coefficient (Wildman–Crippen LogP) is 5.69. The molecule has 0 unspecified atom stereocenters. The molecule has 39 heavy (non-hydrogen) atoms. The van der Waals surface area contributed by atoms with Gasteiger partial charge in [0, 0.05) is 43.5 Å². The number of carbonyl (C=O) groups excluding carboxylic acids is 2. The van der Waals surface area contributed by atoms with Crippen LogP contribution in [0.1, 0.15) is 75.1 Å². The normalized spacial score (nSPS) is 15.4. The lowest BCUT2D eigenvalue weighted by molar-refractivity contribution is -0.388.